The maximum atomic E-state index is 10.3. The van der Waals surface area contributed by atoms with Crippen molar-refractivity contribution in [2.75, 3.05) is 0 Å². The number of rotatable bonds is 2. The number of hydrogen-bond donors (Lipinski definition) is 2. The fraction of sp³-hybridized carbons (Fsp3) is 0. The Hall–Kier alpha value is -0.821. The van der Waals surface area contributed by atoms with E-state index in [1.165, 1.54) is 0 Å². The second kappa shape index (κ2) is 10.0. The molecule has 0 amide bonds. The van der Waals surface area contributed by atoms with E-state index >= 15 is 0 Å². The van der Waals surface area contributed by atoms with Crippen molar-refractivity contribution < 1.29 is 34.6 Å². The second-order valence-corrected chi connectivity index (χ2v) is 5.06. The van der Waals surface area contributed by atoms with Gasteiger partial charge in [-0.1, -0.05) is 36.4 Å². The molecule has 0 aliphatic carbocycles. The van der Waals surface area contributed by atoms with E-state index in [0.29, 0.717) is 9.79 Å². The molecule has 2 unspecified atom stereocenters. The van der Waals surface area contributed by atoms with Crippen molar-refractivity contribution in [1.82, 2.24) is 0 Å². The molecule has 2 atom stereocenters. The fourth-order valence-corrected chi connectivity index (χ4v) is 1.85. The molecular formula is C12H12CuO4S2. The zero-order valence-electron chi connectivity index (χ0n) is 9.60. The standard InChI is InChI=1S/2C6H6O2S.Cu/c2*7-9(8)6-4-2-1-3-5-6;/h2*1-5H,(H,7,8);. The minimum Gasteiger partial charge on any atom is -0.302 e. The van der Waals surface area contributed by atoms with Gasteiger partial charge in [-0.05, 0) is 24.3 Å². The topological polar surface area (TPSA) is 74.6 Å². The third-order valence-electron chi connectivity index (χ3n) is 1.89. The van der Waals surface area contributed by atoms with E-state index in [0.717, 1.165) is 0 Å². The van der Waals surface area contributed by atoms with Crippen LogP contribution in [0.25, 0.3) is 0 Å². The normalized spacial score (nSPS) is 12.3. The van der Waals surface area contributed by atoms with Gasteiger partial charge in [0, 0.05) is 17.1 Å². The van der Waals surface area contributed by atoms with Crippen molar-refractivity contribution in [3.8, 4) is 0 Å². The van der Waals surface area contributed by atoms with E-state index in [9.17, 15) is 8.42 Å². The fourth-order valence-electron chi connectivity index (χ4n) is 1.07. The van der Waals surface area contributed by atoms with Gasteiger partial charge in [-0.3, -0.25) is 0 Å². The minimum absolute atomic E-state index is 0. The maximum absolute atomic E-state index is 10.3. The van der Waals surface area contributed by atoms with Crippen LogP contribution in [0.15, 0.2) is 70.5 Å². The van der Waals surface area contributed by atoms with Crippen molar-refractivity contribution in [1.29, 1.82) is 0 Å². The molecule has 0 aliphatic heterocycles. The van der Waals surface area contributed by atoms with Gasteiger partial charge in [-0.15, -0.1) is 0 Å². The van der Waals surface area contributed by atoms with Crippen LogP contribution in [0, 0.1) is 0 Å². The van der Waals surface area contributed by atoms with E-state index in [4.69, 9.17) is 9.11 Å². The monoisotopic (exact) mass is 347 g/mol. The Labute approximate surface area is 127 Å². The minimum atomic E-state index is -1.83. The Morgan fingerprint density at radius 1 is 0.632 bits per heavy atom. The molecule has 1 radical (unpaired) electrons. The molecule has 0 saturated carbocycles. The van der Waals surface area contributed by atoms with E-state index < -0.39 is 22.2 Å². The van der Waals surface area contributed by atoms with Gasteiger partial charge in [0.2, 0.25) is 0 Å². The van der Waals surface area contributed by atoms with E-state index in [2.05, 4.69) is 0 Å². The Morgan fingerprint density at radius 2 is 0.895 bits per heavy atom. The summed E-state index contributed by atoms with van der Waals surface area (Å²) in [6, 6.07) is 16.9. The summed E-state index contributed by atoms with van der Waals surface area (Å²) < 4.78 is 37.6. The van der Waals surface area contributed by atoms with Gasteiger partial charge in [0.05, 0.1) is 9.79 Å². The molecule has 2 aromatic carbocycles. The Morgan fingerprint density at radius 3 is 1.05 bits per heavy atom. The molecule has 4 nitrogen and oxygen atoms in total. The molecule has 0 saturated heterocycles. The molecule has 2 aromatic rings. The van der Waals surface area contributed by atoms with Crippen LogP contribution in [0.4, 0.5) is 0 Å². The molecule has 2 rings (SSSR count). The molecule has 19 heavy (non-hydrogen) atoms. The van der Waals surface area contributed by atoms with Crippen LogP contribution in [0.3, 0.4) is 0 Å². The smallest absolute Gasteiger partial charge is 0.186 e. The SMILES string of the molecule is O=S(O)c1ccccc1.O=S(O)c1ccccc1.[Cu]. The van der Waals surface area contributed by atoms with Crippen LogP contribution < -0.4 is 0 Å². The predicted molar refractivity (Wildman–Crippen MR) is 71.0 cm³/mol. The third kappa shape index (κ3) is 7.37. The molecule has 0 heterocycles. The van der Waals surface area contributed by atoms with Gasteiger partial charge in [0.1, 0.15) is 0 Å². The van der Waals surface area contributed by atoms with Crippen LogP contribution in [0.5, 0.6) is 0 Å². The third-order valence-corrected chi connectivity index (χ3v) is 3.24. The molecule has 107 valence electrons. The number of hydrogen-bond acceptors (Lipinski definition) is 2. The van der Waals surface area contributed by atoms with Gasteiger partial charge >= 0.3 is 0 Å². The van der Waals surface area contributed by atoms with Crippen molar-refractivity contribution in [3.63, 3.8) is 0 Å². The molecule has 0 spiro atoms. The average Bonchev–Trinajstić information content (AvgIpc) is 2.41. The Kier molecular flexibility index (Phi) is 9.59. The first-order valence-electron chi connectivity index (χ1n) is 4.93. The van der Waals surface area contributed by atoms with Gasteiger partial charge in [0.25, 0.3) is 0 Å². The molecule has 2 N–H and O–H groups in total. The van der Waals surface area contributed by atoms with Crippen LogP contribution in [0.1, 0.15) is 0 Å². The van der Waals surface area contributed by atoms with E-state index in [-0.39, 0.29) is 17.1 Å². The van der Waals surface area contributed by atoms with Gasteiger partial charge < -0.3 is 9.11 Å². The summed E-state index contributed by atoms with van der Waals surface area (Å²) >= 11 is -3.66. The number of benzene rings is 2. The zero-order valence-corrected chi connectivity index (χ0v) is 12.2. The zero-order chi connectivity index (χ0) is 13.4. The molecule has 0 bridgehead atoms. The predicted octanol–water partition coefficient (Wildman–Crippen LogP) is 2.53. The summed E-state index contributed by atoms with van der Waals surface area (Å²) in [5.41, 5.74) is 0. The summed E-state index contributed by atoms with van der Waals surface area (Å²) in [5.74, 6) is 0. The first-order chi connectivity index (χ1) is 8.61. The Bertz CT molecular complexity index is 470. The molecule has 7 heteroatoms. The van der Waals surface area contributed by atoms with Gasteiger partial charge in [-0.25, -0.2) is 8.42 Å². The van der Waals surface area contributed by atoms with Crippen molar-refractivity contribution in [2.24, 2.45) is 0 Å². The second-order valence-electron chi connectivity index (χ2n) is 3.12. The average molecular weight is 348 g/mol. The molecular weight excluding hydrogens is 336 g/mol. The summed E-state index contributed by atoms with van der Waals surface area (Å²) in [7, 11) is 0. The van der Waals surface area contributed by atoms with Crippen molar-refractivity contribution in [2.45, 2.75) is 9.79 Å². The van der Waals surface area contributed by atoms with Crippen LogP contribution in [-0.2, 0) is 39.2 Å². The van der Waals surface area contributed by atoms with E-state index in [1.54, 1.807) is 60.7 Å². The first kappa shape index (κ1) is 18.2. The first-order valence-corrected chi connectivity index (χ1v) is 7.14. The summed E-state index contributed by atoms with van der Waals surface area (Å²) in [6.07, 6.45) is 0. The summed E-state index contributed by atoms with van der Waals surface area (Å²) in [6.45, 7) is 0. The quantitative estimate of drug-likeness (QED) is 0.646. The van der Waals surface area contributed by atoms with Gasteiger partial charge in [-0.2, -0.15) is 0 Å². The van der Waals surface area contributed by atoms with Crippen molar-refractivity contribution in [3.05, 3.63) is 60.7 Å². The molecule has 0 aromatic heterocycles. The summed E-state index contributed by atoms with van der Waals surface area (Å²) in [5, 5.41) is 0. The van der Waals surface area contributed by atoms with Gasteiger partial charge in [0.15, 0.2) is 22.2 Å². The van der Waals surface area contributed by atoms with E-state index in [1.807, 2.05) is 0 Å². The maximum Gasteiger partial charge on any atom is 0.186 e. The largest absolute Gasteiger partial charge is 0.302 e. The van der Waals surface area contributed by atoms with Crippen molar-refractivity contribution >= 4 is 22.2 Å². The molecule has 0 fully saturated rings. The van der Waals surface area contributed by atoms with Crippen LogP contribution in [-0.4, -0.2) is 17.5 Å². The Balaban J connectivity index is 0.000000324. The summed E-state index contributed by atoms with van der Waals surface area (Å²) in [4.78, 5) is 0.884. The molecule has 0 aliphatic rings. The van der Waals surface area contributed by atoms with Crippen LogP contribution in [0.2, 0.25) is 0 Å². The van der Waals surface area contributed by atoms with Crippen LogP contribution >= 0.6 is 0 Å².